The van der Waals surface area contributed by atoms with Crippen molar-refractivity contribution >= 4 is 65.6 Å². The molecule has 3 aliphatic rings. The van der Waals surface area contributed by atoms with Crippen molar-refractivity contribution in [2.75, 3.05) is 9.80 Å². The molecule has 0 radical (unpaired) electrons. The topological polar surface area (TPSA) is 6.48 Å². The number of nitrogens with zero attached hydrogens (tertiary/aromatic N) is 2. The molecule has 0 saturated carbocycles. The maximum absolute atomic E-state index is 2.52. The molecule has 0 N–H and O–H groups in total. The van der Waals surface area contributed by atoms with E-state index in [2.05, 4.69) is 221 Å². The van der Waals surface area contributed by atoms with Crippen LogP contribution >= 0.6 is 11.3 Å². The summed E-state index contributed by atoms with van der Waals surface area (Å²) >= 11 is 1.90. The molecule has 9 aromatic rings. The van der Waals surface area contributed by atoms with Crippen LogP contribution in [0.3, 0.4) is 0 Å². The third-order valence-corrected chi connectivity index (χ3v) is 15.3. The lowest BCUT2D eigenvalue weighted by atomic mass is 9.70. The molecule has 0 atom stereocenters. The lowest BCUT2D eigenvalue weighted by Crippen LogP contribution is -2.31. The molecule has 2 nitrogen and oxygen atoms in total. The lowest BCUT2D eigenvalue weighted by Gasteiger charge is -2.43. The van der Waals surface area contributed by atoms with Crippen LogP contribution in [0.15, 0.2) is 170 Å². The van der Waals surface area contributed by atoms with Crippen molar-refractivity contribution in [1.82, 2.24) is 0 Å². The van der Waals surface area contributed by atoms with Crippen LogP contribution in [0.2, 0.25) is 0 Å². The Labute approximate surface area is 357 Å². The van der Waals surface area contributed by atoms with E-state index >= 15 is 0 Å². The molecule has 8 aromatic carbocycles. The van der Waals surface area contributed by atoms with E-state index in [9.17, 15) is 0 Å². The SMILES string of the molecule is CC1(C)c2ccccc2-c2cc3c(cc21)N(c1ccccc1)c1ccc(-c2ccc4c(c2)C(C)(C)c2c(ccc5sc6ccccc6c25)N4c2ccccc2)cc1C3(C)C. The van der Waals surface area contributed by atoms with Crippen molar-refractivity contribution in [1.29, 1.82) is 0 Å². The van der Waals surface area contributed by atoms with E-state index in [-0.39, 0.29) is 16.2 Å². The smallest absolute Gasteiger partial charge is 0.0509 e. The Hall–Kier alpha value is -6.42. The number of fused-ring (bicyclic) bond motifs is 11. The molecule has 0 unspecified atom stereocenters. The molecule has 0 bridgehead atoms. The van der Waals surface area contributed by atoms with Crippen LogP contribution < -0.4 is 9.80 Å². The second-order valence-electron chi connectivity index (χ2n) is 18.6. The quantitative estimate of drug-likeness (QED) is 0.176. The summed E-state index contributed by atoms with van der Waals surface area (Å²) in [5, 5.41) is 2.72. The summed E-state index contributed by atoms with van der Waals surface area (Å²) in [6.07, 6.45) is 0. The van der Waals surface area contributed by atoms with Gasteiger partial charge in [-0.2, -0.15) is 0 Å². The average Bonchev–Trinajstić information content (AvgIpc) is 3.75. The van der Waals surface area contributed by atoms with Crippen LogP contribution in [0.25, 0.3) is 42.4 Å². The zero-order valence-electron chi connectivity index (χ0n) is 35.0. The number of para-hydroxylation sites is 2. The summed E-state index contributed by atoms with van der Waals surface area (Å²) in [5.41, 5.74) is 20.2. The number of anilines is 6. The Morgan fingerprint density at radius 2 is 0.900 bits per heavy atom. The number of hydrogen-bond donors (Lipinski definition) is 0. The standard InChI is InChI=1S/C57H46N2S/c1-55(2)42-23-15-13-21-39(42)41-33-46-50(34-43(41)55)59(38-19-11-8-12-20-38)47-27-25-35(31-44(47)56(46,3)4)36-26-28-48-45(32-36)57(5,6)54-49(58(48)37-17-9-7-10-18-37)29-30-52-53(54)40-22-14-16-24-51(40)60-52/h7-34H,1-6H3. The Bertz CT molecular complexity index is 3240. The molecule has 1 aliphatic carbocycles. The van der Waals surface area contributed by atoms with Gasteiger partial charge in [-0.25, -0.2) is 0 Å². The van der Waals surface area contributed by atoms with Crippen molar-refractivity contribution in [2.24, 2.45) is 0 Å². The molecule has 0 spiro atoms. The summed E-state index contributed by atoms with van der Waals surface area (Å²) < 4.78 is 2.68. The Morgan fingerprint density at radius 3 is 1.58 bits per heavy atom. The molecular weight excluding hydrogens is 745 g/mol. The third-order valence-electron chi connectivity index (χ3n) is 14.2. The molecule has 290 valence electrons. The van der Waals surface area contributed by atoms with Gasteiger partial charge in [0.05, 0.1) is 22.7 Å². The van der Waals surface area contributed by atoms with E-state index in [1.165, 1.54) is 110 Å². The van der Waals surface area contributed by atoms with Crippen LogP contribution in [-0.2, 0) is 16.2 Å². The lowest BCUT2D eigenvalue weighted by molar-refractivity contribution is 0.627. The highest BCUT2D eigenvalue weighted by atomic mass is 32.1. The van der Waals surface area contributed by atoms with E-state index in [4.69, 9.17) is 0 Å². The third kappa shape index (κ3) is 4.76. The van der Waals surface area contributed by atoms with Crippen LogP contribution in [-0.4, -0.2) is 0 Å². The van der Waals surface area contributed by atoms with Gasteiger partial charge in [-0.1, -0.05) is 133 Å². The molecule has 0 amide bonds. The maximum atomic E-state index is 2.52. The van der Waals surface area contributed by atoms with E-state index < -0.39 is 0 Å². The van der Waals surface area contributed by atoms with Crippen LogP contribution in [0.1, 0.15) is 74.9 Å². The summed E-state index contributed by atoms with van der Waals surface area (Å²) in [5.74, 6) is 0. The number of hydrogen-bond acceptors (Lipinski definition) is 3. The fourth-order valence-corrected chi connectivity index (χ4v) is 12.2. The van der Waals surface area contributed by atoms with E-state index in [0.29, 0.717) is 0 Å². The molecule has 3 heterocycles. The Balaban J connectivity index is 1.06. The number of rotatable bonds is 3. The Morgan fingerprint density at radius 1 is 0.367 bits per heavy atom. The highest BCUT2D eigenvalue weighted by molar-refractivity contribution is 7.25. The van der Waals surface area contributed by atoms with E-state index in [1.54, 1.807) is 0 Å². The van der Waals surface area contributed by atoms with Gasteiger partial charge < -0.3 is 9.80 Å². The van der Waals surface area contributed by atoms with Crippen LogP contribution in [0.4, 0.5) is 34.1 Å². The summed E-state index contributed by atoms with van der Waals surface area (Å²) in [4.78, 5) is 5.01. The first-order valence-corrected chi connectivity index (χ1v) is 22.1. The normalized spacial score (nSPS) is 16.2. The first-order valence-electron chi connectivity index (χ1n) is 21.3. The van der Waals surface area contributed by atoms with Gasteiger partial charge in [0.1, 0.15) is 0 Å². The minimum atomic E-state index is -0.268. The highest BCUT2D eigenvalue weighted by Crippen LogP contribution is 2.59. The fourth-order valence-electron chi connectivity index (χ4n) is 11.1. The van der Waals surface area contributed by atoms with Gasteiger partial charge in [-0.15, -0.1) is 11.3 Å². The predicted molar refractivity (Wildman–Crippen MR) is 256 cm³/mol. The zero-order valence-corrected chi connectivity index (χ0v) is 35.8. The van der Waals surface area contributed by atoms with Crippen LogP contribution in [0.5, 0.6) is 0 Å². The van der Waals surface area contributed by atoms with Gasteiger partial charge in [0, 0.05) is 47.8 Å². The molecule has 60 heavy (non-hydrogen) atoms. The van der Waals surface area contributed by atoms with Crippen molar-refractivity contribution in [2.45, 2.75) is 57.8 Å². The second kappa shape index (κ2) is 12.3. The summed E-state index contributed by atoms with van der Waals surface area (Å²) in [7, 11) is 0. The summed E-state index contributed by atoms with van der Waals surface area (Å²) in [6, 6.07) is 63.9. The van der Waals surface area contributed by atoms with E-state index in [1.807, 2.05) is 11.3 Å². The van der Waals surface area contributed by atoms with Crippen molar-refractivity contribution in [3.63, 3.8) is 0 Å². The molecule has 0 saturated heterocycles. The monoisotopic (exact) mass is 790 g/mol. The Kier molecular flexibility index (Phi) is 7.29. The molecule has 0 fully saturated rings. The van der Waals surface area contributed by atoms with Crippen LogP contribution in [0, 0.1) is 0 Å². The highest BCUT2D eigenvalue weighted by Gasteiger charge is 2.43. The minimum absolute atomic E-state index is 0.0866. The number of thiophene rings is 1. The van der Waals surface area contributed by atoms with E-state index in [0.717, 1.165) is 0 Å². The van der Waals surface area contributed by atoms with Gasteiger partial charge in [0.2, 0.25) is 0 Å². The second-order valence-corrected chi connectivity index (χ2v) is 19.7. The van der Waals surface area contributed by atoms with Crippen molar-refractivity contribution in [3.8, 4) is 22.3 Å². The van der Waals surface area contributed by atoms with Gasteiger partial charge in [-0.05, 0) is 134 Å². The van der Waals surface area contributed by atoms with Gasteiger partial charge in [-0.3, -0.25) is 0 Å². The molecule has 3 heteroatoms. The van der Waals surface area contributed by atoms with Crippen molar-refractivity contribution < 1.29 is 0 Å². The summed E-state index contributed by atoms with van der Waals surface area (Å²) in [6.45, 7) is 14.5. The minimum Gasteiger partial charge on any atom is -0.310 e. The maximum Gasteiger partial charge on any atom is 0.0509 e. The predicted octanol–water partition coefficient (Wildman–Crippen LogP) is 16.2. The molecule has 12 rings (SSSR count). The zero-order chi connectivity index (χ0) is 40.7. The number of benzene rings is 8. The van der Waals surface area contributed by atoms with Crippen molar-refractivity contribution in [3.05, 3.63) is 203 Å². The first kappa shape index (κ1) is 35.5. The largest absolute Gasteiger partial charge is 0.310 e. The molecular formula is C57H46N2S. The fraction of sp³-hybridized carbons (Fsp3) is 0.158. The molecule has 2 aliphatic heterocycles. The first-order chi connectivity index (χ1) is 29.0. The molecule has 1 aromatic heterocycles. The van der Waals surface area contributed by atoms with Gasteiger partial charge in [0.15, 0.2) is 0 Å². The average molecular weight is 791 g/mol. The van der Waals surface area contributed by atoms with Gasteiger partial charge in [0.25, 0.3) is 0 Å². The van der Waals surface area contributed by atoms with Gasteiger partial charge >= 0.3 is 0 Å².